The number of aliphatic hydroxyl groups is 4. The van der Waals surface area contributed by atoms with Crippen LogP contribution in [0.4, 0.5) is 26.7 Å². The minimum absolute atomic E-state index is 0. The Kier molecular flexibility index (Phi) is 26.3. The van der Waals surface area contributed by atoms with Crippen molar-refractivity contribution in [1.29, 1.82) is 0 Å². The molecule has 8 rings (SSSR count). The normalized spacial score (nSPS) is 20.0. The van der Waals surface area contributed by atoms with Gasteiger partial charge in [-0.05, 0) is 84.5 Å². The van der Waals surface area contributed by atoms with Crippen molar-refractivity contribution in [2.24, 2.45) is 11.7 Å². The molecule has 0 saturated carbocycles. The number of imide groups is 1. The van der Waals surface area contributed by atoms with Gasteiger partial charge in [-0.1, -0.05) is 61.9 Å². The molecule has 3 aliphatic heterocycles. The summed E-state index contributed by atoms with van der Waals surface area (Å²) in [6, 6.07) is 18.5. The number of hydrogen-bond acceptors (Lipinski definition) is 19. The third-order valence-electron chi connectivity index (χ3n) is 15.5. The molecule has 1 radical (unpaired) electrons. The number of H-pyrrole nitrogens is 1. The van der Waals surface area contributed by atoms with Crippen molar-refractivity contribution in [3.8, 4) is 5.75 Å². The maximum atomic E-state index is 14.4. The largest absolute Gasteiger partial charge is 0.779 e. The van der Waals surface area contributed by atoms with E-state index in [0.29, 0.717) is 63.6 Å². The molecule has 10 amide bonds. The van der Waals surface area contributed by atoms with E-state index in [1.807, 2.05) is 6.07 Å². The number of urea groups is 1. The van der Waals surface area contributed by atoms with Gasteiger partial charge < -0.3 is 99.5 Å². The molecule has 2 saturated heterocycles. The first kappa shape index (κ1) is 72.1. The summed E-state index contributed by atoms with van der Waals surface area (Å²) in [6.45, 7) is 1.82. The number of aromatic nitrogens is 1. The quantitative estimate of drug-likeness (QED) is 0.00852. The van der Waals surface area contributed by atoms with Gasteiger partial charge in [0.25, 0.3) is 5.91 Å². The van der Waals surface area contributed by atoms with Crippen molar-refractivity contribution in [3.05, 3.63) is 95.7 Å². The van der Waals surface area contributed by atoms with Crippen LogP contribution in [0.1, 0.15) is 86.3 Å². The number of anilines is 3. The number of likely N-dealkylation sites (tertiary alicyclic amines) is 1. The number of benzene rings is 4. The Morgan fingerprint density at radius 1 is 0.837 bits per heavy atom. The number of hydrogen-bond donors (Lipinski definition) is 12. The van der Waals surface area contributed by atoms with Gasteiger partial charge in [0.05, 0.1) is 12.3 Å². The number of fused-ring (bicyclic) bond motifs is 4. The molecule has 0 bridgehead atoms. The van der Waals surface area contributed by atoms with Crippen LogP contribution >= 0.6 is 11.6 Å². The Labute approximate surface area is 563 Å². The van der Waals surface area contributed by atoms with E-state index in [1.54, 1.807) is 86.6 Å². The molecule has 92 heavy (non-hydrogen) atoms. The molecule has 1 aromatic heterocycles. The van der Waals surface area contributed by atoms with Crippen molar-refractivity contribution in [2.45, 2.75) is 119 Å². The van der Waals surface area contributed by atoms with Crippen LogP contribution in [0.3, 0.4) is 0 Å². The van der Waals surface area contributed by atoms with Crippen molar-refractivity contribution < 1.29 is 120 Å². The Balaban J connectivity index is 0.0000120. The zero-order valence-electron chi connectivity index (χ0n) is 50.2. The summed E-state index contributed by atoms with van der Waals surface area (Å²) in [5.41, 5.74) is 8.32. The van der Waals surface area contributed by atoms with Gasteiger partial charge in [-0.25, -0.2) is 14.4 Å². The Morgan fingerprint density at radius 2 is 1.57 bits per heavy atom. The number of nitrogens with one attached hydrogen (secondary N) is 7. The fourth-order valence-corrected chi connectivity index (χ4v) is 11.2. The molecule has 0 spiro atoms. The van der Waals surface area contributed by atoms with E-state index in [1.165, 1.54) is 4.90 Å². The fraction of sp³-hybridized carbons (Fsp3) is 0.443. The molecule has 31 heteroatoms. The number of aliphatic hydroxyl groups excluding tert-OH is 4. The molecule has 2 fully saturated rings. The van der Waals surface area contributed by atoms with Crippen molar-refractivity contribution >= 4 is 122 Å². The van der Waals surface area contributed by atoms with E-state index in [4.69, 9.17) is 48.9 Å². The number of unbranched alkanes of at least 4 members (excludes halogenated alkanes) is 2. The summed E-state index contributed by atoms with van der Waals surface area (Å²) in [6.07, 6.45) is -6.96. The molecule has 5 aromatic rings. The second kappa shape index (κ2) is 33.5. The summed E-state index contributed by atoms with van der Waals surface area (Å²) >= 11 is 11.5. The SMILES string of the molecule is CC(C)C(NC(=O)CCCCCN1C(=O)CC([S-])C1=O)C(=O)NC(CCCNC(N)=O)C(=O)Nc1ccc(COC(=O)NCC(=O)Nc2ccc3[nH]c(C(=O)N4CC(CCl)c5c4cc(OC(=O)COC4OC(CO)C(O)C(O)C4O)c4ccccc54)cc3c2)cc1.[Y]. The number of esters is 1. The van der Waals surface area contributed by atoms with Crippen molar-refractivity contribution in [1.82, 2.24) is 31.2 Å². The smallest absolute Gasteiger partial charge is 0.407 e. The van der Waals surface area contributed by atoms with E-state index in [-0.39, 0.29) is 126 Å². The summed E-state index contributed by atoms with van der Waals surface area (Å²) in [5.74, 6) is -4.73. The van der Waals surface area contributed by atoms with Gasteiger partial charge in [0.2, 0.25) is 35.4 Å². The summed E-state index contributed by atoms with van der Waals surface area (Å²) < 4.78 is 21.8. The maximum Gasteiger partial charge on any atom is 0.407 e. The maximum absolute atomic E-state index is 14.4. The predicted octanol–water partition coefficient (Wildman–Crippen LogP) is 2.14. The van der Waals surface area contributed by atoms with E-state index in [2.05, 4.69) is 36.9 Å². The number of aromatic amines is 1. The van der Waals surface area contributed by atoms with Crippen LogP contribution in [0.5, 0.6) is 5.75 Å². The van der Waals surface area contributed by atoms with Crippen LogP contribution in [-0.4, -0.2) is 183 Å². The van der Waals surface area contributed by atoms with Gasteiger partial charge in [0, 0.05) is 111 Å². The van der Waals surface area contributed by atoms with Crippen LogP contribution in [-0.2, 0) is 99.7 Å². The topological polar surface area (TPSA) is 409 Å². The van der Waals surface area contributed by atoms with Gasteiger partial charge in [0.1, 0.15) is 67.7 Å². The molecule has 0 aliphatic carbocycles. The summed E-state index contributed by atoms with van der Waals surface area (Å²) in [4.78, 5) is 135. The molecule has 4 aromatic carbocycles. The Morgan fingerprint density at radius 3 is 2.25 bits per heavy atom. The fourth-order valence-electron chi connectivity index (χ4n) is 10.7. The number of carbonyl (C=O) groups is 10. The van der Waals surface area contributed by atoms with Gasteiger partial charge >= 0.3 is 18.1 Å². The third kappa shape index (κ3) is 18.5. The molecular weight excluding hydrogens is 1320 g/mol. The number of ether oxygens (including phenoxy) is 4. The van der Waals surface area contributed by atoms with Crippen molar-refractivity contribution in [3.63, 3.8) is 0 Å². The molecule has 491 valence electrons. The monoisotopic (exact) mass is 1390 g/mol. The number of primary amides is 1. The van der Waals surface area contributed by atoms with Gasteiger partial charge in [-0.15, -0.1) is 11.6 Å². The number of halogens is 1. The van der Waals surface area contributed by atoms with E-state index < -0.39 is 115 Å². The molecule has 28 nitrogen and oxygen atoms in total. The van der Waals surface area contributed by atoms with Gasteiger partial charge in [-0.2, -0.15) is 0 Å². The summed E-state index contributed by atoms with van der Waals surface area (Å²) in [5, 5.41) is 56.9. The van der Waals surface area contributed by atoms with Crippen LogP contribution < -0.4 is 47.3 Å². The second-order valence-corrected chi connectivity index (χ2v) is 23.3. The van der Waals surface area contributed by atoms with E-state index in [9.17, 15) is 68.4 Å². The Hall–Kier alpha value is -7.32. The van der Waals surface area contributed by atoms with Crippen LogP contribution in [0.2, 0.25) is 0 Å². The molecular formula is C61H72ClN10O18SY-. The van der Waals surface area contributed by atoms with Crippen LogP contribution in [0.15, 0.2) is 78.9 Å². The average Bonchev–Trinajstić information content (AvgIpc) is 1.56. The number of alkyl carbamates (subject to hydrolysis) is 1. The average molecular weight is 1390 g/mol. The van der Waals surface area contributed by atoms with E-state index in [0.717, 1.165) is 10.5 Å². The molecule has 9 unspecified atom stereocenters. The minimum atomic E-state index is -1.74. The van der Waals surface area contributed by atoms with Crippen molar-refractivity contribution in [2.75, 3.05) is 60.8 Å². The second-order valence-electron chi connectivity index (χ2n) is 22.4. The molecule has 3 aliphatic rings. The van der Waals surface area contributed by atoms with Crippen LogP contribution in [0, 0.1) is 5.92 Å². The predicted molar refractivity (Wildman–Crippen MR) is 331 cm³/mol. The van der Waals surface area contributed by atoms with Gasteiger partial charge in [0.15, 0.2) is 6.29 Å². The first-order valence-corrected chi connectivity index (χ1v) is 30.5. The zero-order valence-corrected chi connectivity index (χ0v) is 54.6. The number of nitrogens with zero attached hydrogens (tertiary/aromatic N) is 2. The van der Waals surface area contributed by atoms with Crippen LogP contribution in [0.25, 0.3) is 21.7 Å². The Bertz CT molecular complexity index is 3530. The number of amides is 10. The minimum Gasteiger partial charge on any atom is -0.779 e. The summed E-state index contributed by atoms with van der Waals surface area (Å²) in [7, 11) is 0. The number of nitrogens with two attached hydrogens (primary N) is 1. The third-order valence-corrected chi connectivity index (χ3v) is 16.2. The van der Waals surface area contributed by atoms with E-state index >= 15 is 0 Å². The molecule has 4 heterocycles. The number of rotatable bonds is 28. The standard InChI is InChI=1S/C61H73ClN10O18S.Y/c1-31(2)51(70-46(74)12-4-3-7-20-71-48(76)24-45(91)58(71)84)56(82)69-40(11-8-19-64-60(63)85)55(81)67-35-15-13-32(14-16-35)29-88-61(86)65-26-47(75)66-36-17-18-39-33(21-36)22-41(68-39)57(83)72-27-34(25-62)50-38-10-6-5-9-37(38)43(23-42(50)72)89-49(77)30-87-59-54(80)53(79)52(78)44(28-73)90-59;/h5-6,9-10,13-18,21-23,31,34,40,44-45,51-54,59,68,73,78-80,91H,3-4,7-8,11-12,19-20,24-30H2,1-2H3,(H,65,86)(H,66,75)(H,67,81)(H,69,82)(H,70,74)(H3,63,64,85);/p-1. The van der Waals surface area contributed by atoms with Gasteiger partial charge in [-0.3, -0.25) is 38.5 Å². The number of alkyl halides is 1. The zero-order chi connectivity index (χ0) is 65.6. The molecule has 13 N–H and O–H groups in total. The first-order valence-electron chi connectivity index (χ1n) is 29.5. The number of carbonyl (C=O) groups excluding carboxylic acids is 10. The first-order chi connectivity index (χ1) is 43.5. The molecule has 9 atom stereocenters.